The number of benzene rings is 2. The first-order chi connectivity index (χ1) is 12.3. The van der Waals surface area contributed by atoms with Crippen LogP contribution >= 0.6 is 0 Å². The van der Waals surface area contributed by atoms with Crippen molar-refractivity contribution >= 4 is 11.9 Å². The molecule has 0 bridgehead atoms. The minimum Gasteiger partial charge on any atom is -0.462 e. The van der Waals surface area contributed by atoms with Crippen molar-refractivity contribution in [2.24, 2.45) is 0 Å². The van der Waals surface area contributed by atoms with Crippen molar-refractivity contribution in [2.75, 3.05) is 6.61 Å². The number of esters is 2. The second-order valence-electron chi connectivity index (χ2n) is 7.23. The molecule has 138 valence electrons. The van der Waals surface area contributed by atoms with Crippen LogP contribution < -0.4 is 4.74 Å². The lowest BCUT2D eigenvalue weighted by Gasteiger charge is -2.18. The Morgan fingerprint density at radius 3 is 1.92 bits per heavy atom. The van der Waals surface area contributed by atoms with E-state index in [1.807, 2.05) is 19.1 Å². The van der Waals surface area contributed by atoms with Gasteiger partial charge in [0, 0.05) is 0 Å². The van der Waals surface area contributed by atoms with Gasteiger partial charge in [-0.25, -0.2) is 9.59 Å². The van der Waals surface area contributed by atoms with E-state index in [1.54, 1.807) is 36.4 Å². The van der Waals surface area contributed by atoms with Gasteiger partial charge in [0.05, 0.1) is 17.7 Å². The van der Waals surface area contributed by atoms with Crippen molar-refractivity contribution in [1.82, 2.24) is 0 Å². The normalized spacial score (nSPS) is 11.1. The van der Waals surface area contributed by atoms with Crippen molar-refractivity contribution in [3.05, 3.63) is 65.2 Å². The van der Waals surface area contributed by atoms with E-state index < -0.39 is 5.97 Å². The Bertz CT molecular complexity index is 737. The average molecular weight is 354 g/mol. The summed E-state index contributed by atoms with van der Waals surface area (Å²) < 4.78 is 10.5. The zero-order valence-corrected chi connectivity index (χ0v) is 15.9. The topological polar surface area (TPSA) is 52.6 Å². The van der Waals surface area contributed by atoms with Crippen molar-refractivity contribution in [3.63, 3.8) is 0 Å². The van der Waals surface area contributed by atoms with Crippen molar-refractivity contribution in [3.8, 4) is 5.75 Å². The highest BCUT2D eigenvalue weighted by atomic mass is 16.5. The molecular formula is C22H26O4. The molecule has 0 aliphatic rings. The van der Waals surface area contributed by atoms with E-state index in [4.69, 9.17) is 9.47 Å². The molecule has 0 aliphatic carbocycles. The molecule has 0 aromatic heterocycles. The van der Waals surface area contributed by atoms with Gasteiger partial charge in [-0.05, 0) is 53.8 Å². The lowest BCUT2D eigenvalue weighted by molar-refractivity contribution is 0.0499. The van der Waals surface area contributed by atoms with E-state index in [-0.39, 0.29) is 11.4 Å². The molecule has 2 aromatic rings. The highest BCUT2D eigenvalue weighted by molar-refractivity contribution is 5.92. The first-order valence-corrected chi connectivity index (χ1v) is 8.91. The zero-order chi connectivity index (χ0) is 19.2. The van der Waals surface area contributed by atoms with E-state index in [0.29, 0.717) is 23.5 Å². The largest absolute Gasteiger partial charge is 0.462 e. The zero-order valence-electron chi connectivity index (χ0n) is 15.9. The molecule has 2 aromatic carbocycles. The van der Waals surface area contributed by atoms with Gasteiger partial charge in [-0.1, -0.05) is 46.2 Å². The van der Waals surface area contributed by atoms with E-state index in [0.717, 1.165) is 18.4 Å². The highest BCUT2D eigenvalue weighted by Gasteiger charge is 2.15. The van der Waals surface area contributed by atoms with Crippen LogP contribution in [-0.2, 0) is 10.2 Å². The van der Waals surface area contributed by atoms with Crippen LogP contribution in [0.1, 0.15) is 66.8 Å². The number of hydrogen-bond donors (Lipinski definition) is 0. The quantitative estimate of drug-likeness (QED) is 0.408. The Labute approximate surface area is 155 Å². The summed E-state index contributed by atoms with van der Waals surface area (Å²) in [6.45, 7) is 8.81. The Kier molecular flexibility index (Phi) is 6.56. The molecule has 0 fully saturated rings. The predicted molar refractivity (Wildman–Crippen MR) is 102 cm³/mol. The van der Waals surface area contributed by atoms with Gasteiger partial charge in [0.25, 0.3) is 0 Å². The van der Waals surface area contributed by atoms with Crippen LogP contribution in [0.15, 0.2) is 48.5 Å². The Hall–Kier alpha value is -2.62. The van der Waals surface area contributed by atoms with Crippen molar-refractivity contribution < 1.29 is 19.1 Å². The van der Waals surface area contributed by atoms with Gasteiger partial charge in [0.1, 0.15) is 5.75 Å². The molecule has 0 N–H and O–H groups in total. The van der Waals surface area contributed by atoms with Gasteiger partial charge in [-0.15, -0.1) is 0 Å². The minimum absolute atomic E-state index is 0.0317. The average Bonchev–Trinajstić information content (AvgIpc) is 2.62. The summed E-state index contributed by atoms with van der Waals surface area (Å²) in [5, 5.41) is 0. The minimum atomic E-state index is -0.427. The molecule has 0 atom stereocenters. The molecule has 0 radical (unpaired) electrons. The van der Waals surface area contributed by atoms with Gasteiger partial charge in [0.15, 0.2) is 0 Å². The molecule has 0 saturated heterocycles. The van der Waals surface area contributed by atoms with Crippen LogP contribution in [0.5, 0.6) is 5.75 Å². The third-order valence-corrected chi connectivity index (χ3v) is 4.02. The number of rotatable bonds is 6. The van der Waals surface area contributed by atoms with Crippen molar-refractivity contribution in [2.45, 2.75) is 46.0 Å². The Morgan fingerprint density at radius 1 is 0.846 bits per heavy atom. The fourth-order valence-corrected chi connectivity index (χ4v) is 2.32. The summed E-state index contributed by atoms with van der Waals surface area (Å²) in [5.41, 5.74) is 2.11. The van der Waals surface area contributed by atoms with E-state index >= 15 is 0 Å². The summed E-state index contributed by atoms with van der Waals surface area (Å²) >= 11 is 0. The molecule has 0 amide bonds. The van der Waals surface area contributed by atoms with E-state index in [2.05, 4.69) is 20.8 Å². The fraction of sp³-hybridized carbons (Fsp3) is 0.364. The number of ether oxygens (including phenoxy) is 2. The smallest absolute Gasteiger partial charge is 0.343 e. The molecular weight excluding hydrogens is 328 g/mol. The molecule has 0 aliphatic heterocycles. The molecule has 26 heavy (non-hydrogen) atoms. The summed E-state index contributed by atoms with van der Waals surface area (Å²) in [7, 11) is 0. The maximum Gasteiger partial charge on any atom is 0.343 e. The maximum absolute atomic E-state index is 12.3. The number of unbranched alkanes of at least 4 members (excludes halogenated alkanes) is 1. The van der Waals surface area contributed by atoms with Gasteiger partial charge in [0.2, 0.25) is 0 Å². The summed E-state index contributed by atoms with van der Waals surface area (Å²) in [4.78, 5) is 24.1. The van der Waals surface area contributed by atoms with E-state index in [9.17, 15) is 9.59 Å². The molecule has 0 saturated carbocycles. The fourth-order valence-electron chi connectivity index (χ4n) is 2.32. The standard InChI is InChI=1S/C22H26O4/c1-5-6-15-25-20(23)16-9-13-19(14-10-16)26-21(24)17-7-11-18(12-8-17)22(2,3)4/h7-14H,5-6,15H2,1-4H3. The van der Waals surface area contributed by atoms with Gasteiger partial charge >= 0.3 is 11.9 Å². The molecule has 4 nitrogen and oxygen atoms in total. The number of hydrogen-bond acceptors (Lipinski definition) is 4. The molecule has 0 heterocycles. The van der Waals surface area contributed by atoms with Gasteiger partial charge in [-0.3, -0.25) is 0 Å². The van der Waals surface area contributed by atoms with Gasteiger partial charge in [-0.2, -0.15) is 0 Å². The molecule has 0 unspecified atom stereocenters. The second kappa shape index (κ2) is 8.65. The predicted octanol–water partition coefficient (Wildman–Crippen LogP) is 5.16. The van der Waals surface area contributed by atoms with Crippen LogP contribution in [0, 0.1) is 0 Å². The van der Waals surface area contributed by atoms with Crippen LogP contribution in [0.4, 0.5) is 0 Å². The highest BCUT2D eigenvalue weighted by Crippen LogP contribution is 2.23. The first kappa shape index (κ1) is 19.7. The lowest BCUT2D eigenvalue weighted by Crippen LogP contribution is -2.13. The third-order valence-electron chi connectivity index (χ3n) is 4.02. The van der Waals surface area contributed by atoms with Crippen LogP contribution in [-0.4, -0.2) is 18.5 Å². The van der Waals surface area contributed by atoms with Crippen molar-refractivity contribution in [1.29, 1.82) is 0 Å². The summed E-state index contributed by atoms with van der Waals surface area (Å²) in [5.74, 6) is -0.405. The SMILES string of the molecule is CCCCOC(=O)c1ccc(OC(=O)c2ccc(C(C)(C)C)cc2)cc1. The molecule has 0 spiro atoms. The Morgan fingerprint density at radius 2 is 1.38 bits per heavy atom. The Balaban J connectivity index is 1.98. The lowest BCUT2D eigenvalue weighted by atomic mass is 9.87. The van der Waals surface area contributed by atoms with E-state index in [1.165, 1.54) is 0 Å². The monoisotopic (exact) mass is 354 g/mol. The summed E-state index contributed by atoms with van der Waals surface area (Å²) in [6, 6.07) is 13.8. The molecule has 2 rings (SSSR count). The van der Waals surface area contributed by atoms with Gasteiger partial charge < -0.3 is 9.47 Å². The molecule has 4 heteroatoms. The first-order valence-electron chi connectivity index (χ1n) is 8.91. The van der Waals surface area contributed by atoms with Crippen LogP contribution in [0.25, 0.3) is 0 Å². The number of carbonyl (C=O) groups excluding carboxylic acids is 2. The third kappa shape index (κ3) is 5.45. The maximum atomic E-state index is 12.3. The summed E-state index contributed by atoms with van der Waals surface area (Å²) in [6.07, 6.45) is 1.81. The number of carbonyl (C=O) groups is 2. The van der Waals surface area contributed by atoms with Crippen LogP contribution in [0.3, 0.4) is 0 Å². The van der Waals surface area contributed by atoms with Crippen LogP contribution in [0.2, 0.25) is 0 Å². The second-order valence-corrected chi connectivity index (χ2v) is 7.23.